The molecular formula is C22H17N3O3S. The number of para-hydroxylation sites is 1. The van der Waals surface area contributed by atoms with E-state index < -0.39 is 0 Å². The maximum atomic E-state index is 12.6. The Morgan fingerprint density at radius 2 is 2.07 bits per heavy atom. The van der Waals surface area contributed by atoms with Crippen LogP contribution in [0.2, 0.25) is 0 Å². The van der Waals surface area contributed by atoms with Crippen LogP contribution in [-0.4, -0.2) is 17.6 Å². The largest absolute Gasteiger partial charge is 0.467 e. The average molecular weight is 403 g/mol. The number of nitrogens with zero attached hydrogens (tertiary/aromatic N) is 2. The van der Waals surface area contributed by atoms with Gasteiger partial charge in [0.1, 0.15) is 5.76 Å². The van der Waals surface area contributed by atoms with Crippen LogP contribution < -0.4 is 10.2 Å². The van der Waals surface area contributed by atoms with Gasteiger partial charge in [0.05, 0.1) is 30.8 Å². The molecular weight excluding hydrogens is 386 g/mol. The third-order valence-electron chi connectivity index (χ3n) is 4.61. The highest BCUT2D eigenvalue weighted by molar-refractivity contribution is 8.00. The van der Waals surface area contributed by atoms with Crippen molar-refractivity contribution in [2.24, 2.45) is 0 Å². The number of benzene rings is 2. The summed E-state index contributed by atoms with van der Waals surface area (Å²) in [5.74, 6) is 0.709. The van der Waals surface area contributed by atoms with Crippen LogP contribution in [0, 0.1) is 6.57 Å². The van der Waals surface area contributed by atoms with Gasteiger partial charge in [0, 0.05) is 17.0 Å². The average Bonchev–Trinajstić information content (AvgIpc) is 3.27. The highest BCUT2D eigenvalue weighted by atomic mass is 32.2. The Kier molecular flexibility index (Phi) is 5.36. The minimum Gasteiger partial charge on any atom is -0.467 e. The Hall–Kier alpha value is -3.50. The van der Waals surface area contributed by atoms with Gasteiger partial charge in [0.15, 0.2) is 5.69 Å². The summed E-state index contributed by atoms with van der Waals surface area (Å²) in [6.45, 7) is 7.93. The number of thioether (sulfide) groups is 1. The van der Waals surface area contributed by atoms with Crippen molar-refractivity contribution in [1.82, 2.24) is 5.32 Å². The Morgan fingerprint density at radius 3 is 2.86 bits per heavy atom. The zero-order valence-corrected chi connectivity index (χ0v) is 16.2. The van der Waals surface area contributed by atoms with Crippen LogP contribution >= 0.6 is 11.8 Å². The Bertz CT molecular complexity index is 1100. The fraction of sp³-hybridized carbons (Fsp3) is 0.136. The van der Waals surface area contributed by atoms with Crippen molar-refractivity contribution in [3.05, 3.63) is 89.2 Å². The summed E-state index contributed by atoms with van der Waals surface area (Å²) in [5, 5.41) is 2.82. The summed E-state index contributed by atoms with van der Waals surface area (Å²) in [4.78, 5) is 31.3. The van der Waals surface area contributed by atoms with Crippen LogP contribution in [0.15, 0.2) is 70.2 Å². The maximum Gasteiger partial charge on any atom is 0.251 e. The lowest BCUT2D eigenvalue weighted by Gasteiger charge is -2.30. The number of anilines is 1. The molecule has 0 atom stereocenters. The van der Waals surface area contributed by atoms with Crippen molar-refractivity contribution in [2.45, 2.75) is 18.0 Å². The van der Waals surface area contributed by atoms with Crippen molar-refractivity contribution in [1.29, 1.82) is 0 Å². The first-order valence-electron chi connectivity index (χ1n) is 8.99. The second-order valence-electron chi connectivity index (χ2n) is 6.45. The van der Waals surface area contributed by atoms with Crippen LogP contribution in [-0.2, 0) is 17.9 Å². The molecule has 0 radical (unpaired) electrons. The van der Waals surface area contributed by atoms with Crippen LogP contribution in [0.3, 0.4) is 0 Å². The standard InChI is InChI=1S/C22H17N3O3S/c1-23-18-7-3-2-5-16(18)13-25-19-11-15(8-9-20(19)29-14-21(25)26)22(27)24-12-17-6-4-10-28-17/h2-11H,12-14H2,(H,24,27). The van der Waals surface area contributed by atoms with Crippen LogP contribution in [0.1, 0.15) is 21.7 Å². The maximum absolute atomic E-state index is 12.6. The molecule has 1 aromatic heterocycles. The van der Waals surface area contributed by atoms with Gasteiger partial charge < -0.3 is 14.6 Å². The summed E-state index contributed by atoms with van der Waals surface area (Å²) in [6, 6.07) is 16.2. The van der Waals surface area contributed by atoms with E-state index in [0.717, 1.165) is 10.5 Å². The van der Waals surface area contributed by atoms with Crippen molar-refractivity contribution < 1.29 is 14.0 Å². The van der Waals surface area contributed by atoms with Gasteiger partial charge in [0.2, 0.25) is 5.91 Å². The molecule has 1 aliphatic rings. The van der Waals surface area contributed by atoms with E-state index in [1.54, 1.807) is 47.6 Å². The smallest absolute Gasteiger partial charge is 0.251 e. The molecule has 3 aromatic rings. The third kappa shape index (κ3) is 4.03. The summed E-state index contributed by atoms with van der Waals surface area (Å²) >= 11 is 1.45. The van der Waals surface area contributed by atoms with Crippen molar-refractivity contribution in [3.63, 3.8) is 0 Å². The number of carbonyl (C=O) groups excluding carboxylic acids is 2. The normalized spacial score (nSPS) is 12.9. The van der Waals surface area contributed by atoms with Gasteiger partial charge in [-0.2, -0.15) is 0 Å². The lowest BCUT2D eigenvalue weighted by Crippen LogP contribution is -2.35. The zero-order chi connectivity index (χ0) is 20.2. The lowest BCUT2D eigenvalue weighted by atomic mass is 10.1. The highest BCUT2D eigenvalue weighted by Crippen LogP contribution is 2.37. The number of furan rings is 1. The molecule has 0 aliphatic carbocycles. The monoisotopic (exact) mass is 403 g/mol. The molecule has 2 amide bonds. The molecule has 2 aromatic carbocycles. The van der Waals surface area contributed by atoms with E-state index in [-0.39, 0.29) is 11.8 Å². The van der Waals surface area contributed by atoms with Crippen LogP contribution in [0.4, 0.5) is 11.4 Å². The van der Waals surface area contributed by atoms with Gasteiger partial charge in [-0.05, 0) is 35.9 Å². The number of fused-ring (bicyclic) bond motifs is 1. The van der Waals surface area contributed by atoms with Crippen LogP contribution in [0.25, 0.3) is 4.85 Å². The highest BCUT2D eigenvalue weighted by Gasteiger charge is 2.26. The number of nitrogens with one attached hydrogen (secondary N) is 1. The quantitative estimate of drug-likeness (QED) is 0.641. The molecule has 4 rings (SSSR count). The van der Waals surface area contributed by atoms with E-state index in [1.807, 2.05) is 18.2 Å². The lowest BCUT2D eigenvalue weighted by molar-refractivity contribution is -0.116. The molecule has 1 aliphatic heterocycles. The van der Waals surface area contributed by atoms with Gasteiger partial charge in [-0.3, -0.25) is 9.59 Å². The number of hydrogen-bond donors (Lipinski definition) is 1. The first-order valence-corrected chi connectivity index (χ1v) is 9.97. The predicted molar refractivity (Wildman–Crippen MR) is 111 cm³/mol. The predicted octanol–water partition coefficient (Wildman–Crippen LogP) is 4.40. The third-order valence-corrected chi connectivity index (χ3v) is 5.66. The van der Waals surface area contributed by atoms with Crippen molar-refractivity contribution >= 4 is 35.0 Å². The second-order valence-corrected chi connectivity index (χ2v) is 7.47. The Labute approximate surface area is 172 Å². The molecule has 0 unspecified atom stereocenters. The molecule has 0 saturated carbocycles. The summed E-state index contributed by atoms with van der Waals surface area (Å²) in [7, 11) is 0. The molecule has 0 spiro atoms. The van der Waals surface area contributed by atoms with Gasteiger partial charge >= 0.3 is 0 Å². The van der Waals surface area contributed by atoms with Gasteiger partial charge in [0.25, 0.3) is 5.91 Å². The first kappa shape index (κ1) is 18.8. The molecule has 7 heteroatoms. The van der Waals surface area contributed by atoms with E-state index >= 15 is 0 Å². The number of rotatable bonds is 5. The fourth-order valence-electron chi connectivity index (χ4n) is 3.12. The van der Waals surface area contributed by atoms with E-state index in [9.17, 15) is 9.59 Å². The van der Waals surface area contributed by atoms with E-state index in [1.165, 1.54) is 11.8 Å². The molecule has 29 heavy (non-hydrogen) atoms. The van der Waals surface area contributed by atoms with Gasteiger partial charge in [-0.25, -0.2) is 4.85 Å². The molecule has 0 saturated heterocycles. The zero-order valence-electron chi connectivity index (χ0n) is 15.4. The van der Waals surface area contributed by atoms with Crippen molar-refractivity contribution in [3.8, 4) is 0 Å². The minimum absolute atomic E-state index is 0.0459. The number of carbonyl (C=O) groups is 2. The van der Waals surface area contributed by atoms with E-state index in [0.29, 0.717) is 41.5 Å². The Balaban J connectivity index is 1.60. The minimum atomic E-state index is -0.242. The van der Waals surface area contributed by atoms with Gasteiger partial charge in [-0.15, -0.1) is 11.8 Å². The second kappa shape index (κ2) is 8.25. The summed E-state index contributed by atoms with van der Waals surface area (Å²) in [5.41, 5.74) is 2.46. The fourth-order valence-corrected chi connectivity index (χ4v) is 4.04. The molecule has 1 N–H and O–H groups in total. The summed E-state index contributed by atoms with van der Waals surface area (Å²) < 4.78 is 5.23. The van der Waals surface area contributed by atoms with Crippen LogP contribution in [0.5, 0.6) is 0 Å². The topological polar surface area (TPSA) is 66.9 Å². The SMILES string of the molecule is [C-]#[N+]c1ccccc1CN1C(=O)CSc2ccc(C(=O)NCc3ccco3)cc21. The molecule has 2 heterocycles. The van der Waals surface area contributed by atoms with E-state index in [2.05, 4.69) is 10.2 Å². The Morgan fingerprint density at radius 1 is 1.21 bits per heavy atom. The van der Waals surface area contributed by atoms with Gasteiger partial charge in [-0.1, -0.05) is 24.3 Å². The number of amides is 2. The molecule has 6 nitrogen and oxygen atoms in total. The van der Waals surface area contributed by atoms with E-state index in [4.69, 9.17) is 11.0 Å². The summed E-state index contributed by atoms with van der Waals surface area (Å²) in [6.07, 6.45) is 1.56. The molecule has 144 valence electrons. The molecule has 0 bridgehead atoms. The molecule has 0 fully saturated rings. The number of hydrogen-bond acceptors (Lipinski definition) is 4. The van der Waals surface area contributed by atoms with Crippen molar-refractivity contribution in [2.75, 3.05) is 10.7 Å². The first-order chi connectivity index (χ1) is 14.2.